The summed E-state index contributed by atoms with van der Waals surface area (Å²) in [7, 11) is 0. The molecular weight excluding hydrogens is 308 g/mol. The first kappa shape index (κ1) is 15.7. The first-order chi connectivity index (χ1) is 11.6. The molecule has 0 saturated carbocycles. The minimum atomic E-state index is -0.442. The molecule has 1 aliphatic heterocycles. The highest BCUT2D eigenvalue weighted by molar-refractivity contribution is 5.91. The van der Waals surface area contributed by atoms with Gasteiger partial charge in [-0.15, -0.1) is 0 Å². The van der Waals surface area contributed by atoms with Gasteiger partial charge in [-0.1, -0.05) is 30.3 Å². The number of hydrogen-bond donors (Lipinski definition) is 1. The number of nitrogens with one attached hydrogen (secondary N) is 1. The van der Waals surface area contributed by atoms with Crippen LogP contribution in [0.2, 0.25) is 0 Å². The van der Waals surface area contributed by atoms with Crippen molar-refractivity contribution in [2.45, 2.75) is 19.1 Å². The summed E-state index contributed by atoms with van der Waals surface area (Å²) in [5.74, 6) is 0.414. The van der Waals surface area contributed by atoms with Gasteiger partial charge >= 0.3 is 0 Å². The lowest BCUT2D eigenvalue weighted by Gasteiger charge is -2.16. The second-order valence-electron chi connectivity index (χ2n) is 5.51. The zero-order chi connectivity index (χ0) is 16.9. The molecule has 1 amide bonds. The van der Waals surface area contributed by atoms with Crippen LogP contribution in [-0.4, -0.2) is 16.9 Å². The number of carbonyl (C=O) groups is 1. The number of amides is 1. The molecular formula is C18H16N2O4. The first-order valence-electron chi connectivity index (χ1n) is 7.54. The zero-order valence-electron chi connectivity index (χ0n) is 12.8. The summed E-state index contributed by atoms with van der Waals surface area (Å²) in [5, 5.41) is 13.5. The summed E-state index contributed by atoms with van der Waals surface area (Å²) in [4.78, 5) is 21.9. The maximum Gasteiger partial charge on any atom is 0.269 e. The Morgan fingerprint density at radius 2 is 1.75 bits per heavy atom. The number of benzene rings is 2. The van der Waals surface area contributed by atoms with Crippen LogP contribution >= 0.6 is 0 Å². The summed E-state index contributed by atoms with van der Waals surface area (Å²) in [6.45, 7) is 0.254. The molecule has 1 atom stereocenters. The Bertz CT molecular complexity index is 769. The summed E-state index contributed by atoms with van der Waals surface area (Å²) >= 11 is 0. The van der Waals surface area contributed by atoms with Gasteiger partial charge in [-0.25, -0.2) is 0 Å². The van der Waals surface area contributed by atoms with E-state index in [4.69, 9.17) is 4.74 Å². The molecule has 1 unspecified atom stereocenters. The van der Waals surface area contributed by atoms with E-state index in [9.17, 15) is 14.9 Å². The van der Waals surface area contributed by atoms with Crippen LogP contribution in [0.3, 0.4) is 0 Å². The molecule has 0 spiro atoms. The van der Waals surface area contributed by atoms with Gasteiger partial charge in [0.05, 0.1) is 11.0 Å². The number of rotatable bonds is 6. The van der Waals surface area contributed by atoms with Crippen LogP contribution in [0.25, 0.3) is 0 Å². The van der Waals surface area contributed by atoms with Crippen molar-refractivity contribution in [3.8, 4) is 0 Å². The molecule has 1 heterocycles. The molecule has 1 aliphatic rings. The second kappa shape index (κ2) is 6.95. The zero-order valence-corrected chi connectivity index (χ0v) is 12.8. The maximum absolute atomic E-state index is 11.6. The molecule has 2 aromatic carbocycles. The first-order valence-corrected chi connectivity index (χ1v) is 7.54. The van der Waals surface area contributed by atoms with Crippen molar-refractivity contribution in [3.05, 3.63) is 87.7 Å². The lowest BCUT2D eigenvalue weighted by atomic mass is 10.1. The molecule has 6 nitrogen and oxygen atoms in total. The number of nitro groups is 1. The molecule has 2 aromatic rings. The molecule has 0 aromatic heterocycles. The lowest BCUT2D eigenvalue weighted by molar-refractivity contribution is -0.384. The third kappa shape index (κ3) is 3.78. The van der Waals surface area contributed by atoms with Gasteiger partial charge in [0, 0.05) is 18.2 Å². The third-order valence-electron chi connectivity index (χ3n) is 3.77. The predicted molar refractivity (Wildman–Crippen MR) is 88.0 cm³/mol. The van der Waals surface area contributed by atoms with Crippen LogP contribution in [0.15, 0.2) is 66.4 Å². The van der Waals surface area contributed by atoms with Gasteiger partial charge in [0.15, 0.2) is 0 Å². The fraction of sp³-hybridized carbons (Fsp3) is 0.167. The van der Waals surface area contributed by atoms with Crippen LogP contribution in [0.4, 0.5) is 5.69 Å². The van der Waals surface area contributed by atoms with E-state index in [1.807, 2.05) is 30.3 Å². The summed E-state index contributed by atoms with van der Waals surface area (Å²) in [6, 6.07) is 15.8. The van der Waals surface area contributed by atoms with Crippen LogP contribution in [-0.2, 0) is 22.6 Å². The average molecular weight is 324 g/mol. The fourth-order valence-electron chi connectivity index (χ4n) is 2.54. The molecule has 3 rings (SSSR count). The van der Waals surface area contributed by atoms with E-state index in [1.165, 1.54) is 18.2 Å². The smallest absolute Gasteiger partial charge is 0.269 e. The van der Waals surface area contributed by atoms with Crippen molar-refractivity contribution < 1.29 is 14.5 Å². The largest absolute Gasteiger partial charge is 0.491 e. The highest BCUT2D eigenvalue weighted by Gasteiger charge is 2.25. The van der Waals surface area contributed by atoms with Gasteiger partial charge in [0.2, 0.25) is 5.91 Å². The topological polar surface area (TPSA) is 81.5 Å². The van der Waals surface area contributed by atoms with E-state index in [-0.39, 0.29) is 24.2 Å². The van der Waals surface area contributed by atoms with Crippen molar-refractivity contribution in [2.75, 3.05) is 0 Å². The van der Waals surface area contributed by atoms with Crippen molar-refractivity contribution in [1.82, 2.24) is 5.32 Å². The minimum Gasteiger partial charge on any atom is -0.491 e. The second-order valence-corrected chi connectivity index (χ2v) is 5.51. The van der Waals surface area contributed by atoms with Crippen LogP contribution in [0, 0.1) is 10.1 Å². The van der Waals surface area contributed by atoms with Crippen LogP contribution in [0.5, 0.6) is 0 Å². The normalized spacial score (nSPS) is 16.4. The molecule has 0 aliphatic carbocycles. The molecule has 0 saturated heterocycles. The number of ether oxygens (including phenoxy) is 1. The summed E-state index contributed by atoms with van der Waals surface area (Å²) in [6.07, 6.45) is 2.11. The van der Waals surface area contributed by atoms with E-state index in [0.717, 1.165) is 11.1 Å². The summed E-state index contributed by atoms with van der Waals surface area (Å²) in [5.41, 5.74) is 1.95. The molecule has 0 radical (unpaired) electrons. The van der Waals surface area contributed by atoms with E-state index >= 15 is 0 Å². The van der Waals surface area contributed by atoms with Crippen molar-refractivity contribution in [3.63, 3.8) is 0 Å². The van der Waals surface area contributed by atoms with E-state index in [1.54, 1.807) is 12.1 Å². The quantitative estimate of drug-likeness (QED) is 0.654. The highest BCUT2D eigenvalue weighted by atomic mass is 16.6. The Kier molecular flexibility index (Phi) is 4.56. The number of carbonyl (C=O) groups excluding carboxylic acids is 1. The fourth-order valence-corrected chi connectivity index (χ4v) is 2.54. The Morgan fingerprint density at radius 1 is 1.04 bits per heavy atom. The number of nitro benzene ring substituents is 1. The number of non-ortho nitro benzene ring substituents is 1. The van der Waals surface area contributed by atoms with E-state index in [0.29, 0.717) is 12.2 Å². The van der Waals surface area contributed by atoms with Crippen LogP contribution < -0.4 is 5.32 Å². The standard InChI is InChI=1S/C18H16N2O4/c21-18-11-17(16(19-18)10-13-4-2-1-3-5-13)24-12-14-6-8-15(9-7-14)20(22)23/h1-9,11,16H,10,12H2,(H,19,21). The van der Waals surface area contributed by atoms with Gasteiger partial charge in [-0.3, -0.25) is 14.9 Å². The monoisotopic (exact) mass is 324 g/mol. The van der Waals surface area contributed by atoms with Gasteiger partial charge < -0.3 is 10.1 Å². The molecule has 0 bridgehead atoms. The Labute approximate surface area is 138 Å². The number of hydrogen-bond acceptors (Lipinski definition) is 4. The van der Waals surface area contributed by atoms with E-state index in [2.05, 4.69) is 5.32 Å². The van der Waals surface area contributed by atoms with Gasteiger partial charge in [-0.2, -0.15) is 0 Å². The Morgan fingerprint density at radius 3 is 2.42 bits per heavy atom. The highest BCUT2D eigenvalue weighted by Crippen LogP contribution is 2.19. The molecule has 1 N–H and O–H groups in total. The Hall–Kier alpha value is -3.15. The molecule has 6 heteroatoms. The summed E-state index contributed by atoms with van der Waals surface area (Å²) < 4.78 is 5.75. The average Bonchev–Trinajstić information content (AvgIpc) is 2.93. The van der Waals surface area contributed by atoms with Gasteiger partial charge in [-0.05, 0) is 29.7 Å². The Balaban J connectivity index is 1.63. The van der Waals surface area contributed by atoms with E-state index < -0.39 is 4.92 Å². The predicted octanol–water partition coefficient (Wildman–Crippen LogP) is 2.74. The number of nitrogens with zero attached hydrogens (tertiary/aromatic N) is 1. The van der Waals surface area contributed by atoms with Crippen LogP contribution in [0.1, 0.15) is 11.1 Å². The SMILES string of the molecule is O=C1C=C(OCc2ccc([N+](=O)[O-])cc2)C(Cc2ccccc2)N1. The minimum absolute atomic E-state index is 0.0395. The third-order valence-corrected chi connectivity index (χ3v) is 3.77. The van der Waals surface area contributed by atoms with Gasteiger partial charge in [0.1, 0.15) is 12.4 Å². The van der Waals surface area contributed by atoms with Gasteiger partial charge in [0.25, 0.3) is 5.69 Å². The maximum atomic E-state index is 11.6. The molecule has 24 heavy (non-hydrogen) atoms. The van der Waals surface area contributed by atoms with Crippen molar-refractivity contribution in [1.29, 1.82) is 0 Å². The molecule has 122 valence electrons. The molecule has 0 fully saturated rings. The lowest BCUT2D eigenvalue weighted by Crippen LogP contribution is -2.31. The van der Waals surface area contributed by atoms with Crippen molar-refractivity contribution in [2.24, 2.45) is 0 Å². The van der Waals surface area contributed by atoms with Crippen molar-refractivity contribution >= 4 is 11.6 Å².